The Morgan fingerprint density at radius 2 is 1.83 bits per heavy atom. The number of carbonyl (C=O) groups excluding carboxylic acids is 2. The van der Waals surface area contributed by atoms with E-state index < -0.39 is 17.9 Å². The smallest absolute Gasteiger partial charge is 0.404 e. The lowest BCUT2D eigenvalue weighted by atomic mass is 9.88. The van der Waals surface area contributed by atoms with Crippen LogP contribution >= 0.6 is 0 Å². The number of aromatic amines is 1. The summed E-state index contributed by atoms with van der Waals surface area (Å²) in [4.78, 5) is 38.7. The molecule has 1 aliphatic rings. The zero-order valence-electron chi connectivity index (χ0n) is 16.4. The maximum atomic E-state index is 14.1. The molecule has 2 N–H and O–H groups in total. The fourth-order valence-corrected chi connectivity index (χ4v) is 3.56. The van der Waals surface area contributed by atoms with Crippen molar-refractivity contribution in [3.05, 3.63) is 82.1 Å². The Labute approximate surface area is 171 Å². The Morgan fingerprint density at radius 1 is 1.03 bits per heavy atom. The Kier molecular flexibility index (Phi) is 4.95. The maximum Gasteiger partial charge on any atom is 0.419 e. The number of amides is 2. The van der Waals surface area contributed by atoms with Crippen molar-refractivity contribution in [2.75, 3.05) is 0 Å². The van der Waals surface area contributed by atoms with Crippen LogP contribution in [0.5, 0.6) is 0 Å². The molecular formula is C23H19FN2O4. The number of benzene rings is 2. The molecule has 1 aromatic heterocycles. The highest BCUT2D eigenvalue weighted by molar-refractivity contribution is 6.07. The molecule has 1 saturated heterocycles. The van der Waals surface area contributed by atoms with Crippen LogP contribution in [0.2, 0.25) is 0 Å². The minimum Gasteiger partial charge on any atom is -0.404 e. The Balaban J connectivity index is 1.73. The first-order valence-electron chi connectivity index (χ1n) is 9.50. The molecule has 1 atom stereocenters. The number of imide groups is 1. The first-order chi connectivity index (χ1) is 14.3. The third-order valence-corrected chi connectivity index (χ3v) is 5.13. The SMILES string of the molecule is CC(C)[C@H](/C=C1\OC(=O)NC1=O)c1ccc(-c2ccc3cccc(F)c3c2)[nH]c1=O. The van der Waals surface area contributed by atoms with Crippen molar-refractivity contribution in [2.24, 2.45) is 5.92 Å². The molecule has 0 saturated carbocycles. The van der Waals surface area contributed by atoms with E-state index in [2.05, 4.69) is 4.98 Å². The normalized spacial score (nSPS) is 16.2. The van der Waals surface area contributed by atoms with Crippen molar-refractivity contribution in [3.63, 3.8) is 0 Å². The maximum absolute atomic E-state index is 14.1. The number of hydrogen-bond acceptors (Lipinski definition) is 4. The van der Waals surface area contributed by atoms with Gasteiger partial charge >= 0.3 is 6.09 Å². The molecule has 2 amide bonds. The van der Waals surface area contributed by atoms with Crippen molar-refractivity contribution >= 4 is 22.8 Å². The average Bonchev–Trinajstić information content (AvgIpc) is 3.03. The summed E-state index contributed by atoms with van der Waals surface area (Å²) >= 11 is 0. The lowest BCUT2D eigenvalue weighted by Gasteiger charge is -2.17. The summed E-state index contributed by atoms with van der Waals surface area (Å²) in [5.74, 6) is -1.55. The van der Waals surface area contributed by atoms with E-state index in [4.69, 9.17) is 4.74 Å². The minimum atomic E-state index is -0.832. The van der Waals surface area contributed by atoms with Crippen LogP contribution in [0, 0.1) is 11.7 Å². The highest BCUT2D eigenvalue weighted by Gasteiger charge is 2.29. The van der Waals surface area contributed by atoms with Gasteiger partial charge in [-0.1, -0.05) is 44.2 Å². The van der Waals surface area contributed by atoms with Crippen LogP contribution in [-0.4, -0.2) is 17.0 Å². The molecule has 0 aliphatic carbocycles. The number of halogens is 1. The number of nitrogens with one attached hydrogen (secondary N) is 2. The molecule has 30 heavy (non-hydrogen) atoms. The van der Waals surface area contributed by atoms with Gasteiger partial charge < -0.3 is 9.72 Å². The summed E-state index contributed by atoms with van der Waals surface area (Å²) < 4.78 is 19.0. The van der Waals surface area contributed by atoms with E-state index >= 15 is 0 Å². The van der Waals surface area contributed by atoms with Crippen LogP contribution in [0.1, 0.15) is 25.3 Å². The van der Waals surface area contributed by atoms with Crippen molar-refractivity contribution in [1.82, 2.24) is 10.3 Å². The van der Waals surface area contributed by atoms with Crippen molar-refractivity contribution in [3.8, 4) is 11.3 Å². The standard InChI is InChI=1S/C23H19FN2O4/c1-12(2)16(11-20-22(28)26-23(29)30-20)15-8-9-19(25-21(15)27)14-7-6-13-4-3-5-18(24)17(13)10-14/h3-12,16H,1-2H3,(H,25,27)(H,26,28,29)/b20-11-/t16-/m0/s1. The number of H-pyrrole nitrogens is 1. The predicted octanol–water partition coefficient (Wildman–Crippen LogP) is 4.22. The number of aromatic nitrogens is 1. The lowest BCUT2D eigenvalue weighted by Crippen LogP contribution is -2.21. The summed E-state index contributed by atoms with van der Waals surface area (Å²) in [5, 5.41) is 3.28. The molecule has 0 unspecified atom stereocenters. The number of alkyl carbamates (subject to hydrolysis) is 1. The van der Waals surface area contributed by atoms with E-state index in [0.717, 1.165) is 5.39 Å². The lowest BCUT2D eigenvalue weighted by molar-refractivity contribution is -0.116. The average molecular weight is 406 g/mol. The Bertz CT molecular complexity index is 1260. The molecule has 4 rings (SSSR count). The molecule has 6 nitrogen and oxygen atoms in total. The Morgan fingerprint density at radius 3 is 2.50 bits per heavy atom. The van der Waals surface area contributed by atoms with Crippen LogP contribution in [0.15, 0.2) is 65.2 Å². The van der Waals surface area contributed by atoms with Gasteiger partial charge in [-0.2, -0.15) is 0 Å². The molecule has 3 aromatic rings. The van der Waals surface area contributed by atoms with E-state index in [1.54, 1.807) is 30.3 Å². The molecule has 2 heterocycles. The van der Waals surface area contributed by atoms with Crippen LogP contribution in [-0.2, 0) is 9.53 Å². The minimum absolute atomic E-state index is 0.0358. The number of ether oxygens (including phenoxy) is 1. The van der Waals surface area contributed by atoms with Gasteiger partial charge in [0, 0.05) is 22.6 Å². The first kappa shape index (κ1) is 19.6. The molecule has 1 fully saturated rings. The van der Waals surface area contributed by atoms with E-state index in [1.165, 1.54) is 12.1 Å². The number of hydrogen-bond donors (Lipinski definition) is 2. The summed E-state index contributed by atoms with van der Waals surface area (Å²) in [7, 11) is 0. The largest absolute Gasteiger partial charge is 0.419 e. The van der Waals surface area contributed by atoms with Crippen LogP contribution in [0.25, 0.3) is 22.0 Å². The van der Waals surface area contributed by atoms with Gasteiger partial charge in [0.1, 0.15) is 5.82 Å². The number of pyridine rings is 1. The molecule has 1 aliphatic heterocycles. The van der Waals surface area contributed by atoms with Crippen molar-refractivity contribution in [2.45, 2.75) is 19.8 Å². The van der Waals surface area contributed by atoms with Gasteiger partial charge in [0.25, 0.3) is 11.5 Å². The monoisotopic (exact) mass is 406 g/mol. The van der Waals surface area contributed by atoms with E-state index in [0.29, 0.717) is 22.2 Å². The molecule has 7 heteroatoms. The topological polar surface area (TPSA) is 88.3 Å². The fourth-order valence-electron chi connectivity index (χ4n) is 3.56. The Hall–Kier alpha value is -3.74. The second-order valence-corrected chi connectivity index (χ2v) is 7.48. The number of fused-ring (bicyclic) bond motifs is 1. The van der Waals surface area contributed by atoms with Crippen molar-refractivity contribution < 1.29 is 18.7 Å². The van der Waals surface area contributed by atoms with Crippen LogP contribution in [0.3, 0.4) is 0 Å². The molecule has 2 aromatic carbocycles. The van der Waals surface area contributed by atoms with Gasteiger partial charge in [0.2, 0.25) is 0 Å². The van der Waals surface area contributed by atoms with Gasteiger partial charge in [0.15, 0.2) is 5.76 Å². The third-order valence-electron chi connectivity index (χ3n) is 5.13. The van der Waals surface area contributed by atoms with E-state index in [1.807, 2.05) is 31.3 Å². The summed E-state index contributed by atoms with van der Waals surface area (Å²) in [6.45, 7) is 3.80. The van der Waals surface area contributed by atoms with Gasteiger partial charge in [-0.05, 0) is 41.1 Å². The molecule has 0 spiro atoms. The van der Waals surface area contributed by atoms with Crippen LogP contribution < -0.4 is 10.9 Å². The first-order valence-corrected chi connectivity index (χ1v) is 9.50. The highest BCUT2D eigenvalue weighted by Crippen LogP contribution is 2.28. The predicted molar refractivity (Wildman–Crippen MR) is 110 cm³/mol. The summed E-state index contributed by atoms with van der Waals surface area (Å²) in [6, 6.07) is 13.6. The second kappa shape index (κ2) is 7.59. The number of cyclic esters (lactones) is 1. The molecule has 0 radical (unpaired) electrons. The van der Waals surface area contributed by atoms with E-state index in [9.17, 15) is 18.8 Å². The number of carbonyl (C=O) groups is 2. The fraction of sp³-hybridized carbons (Fsp3) is 0.174. The zero-order chi connectivity index (χ0) is 21.4. The van der Waals surface area contributed by atoms with Gasteiger partial charge in [-0.3, -0.25) is 14.9 Å². The second-order valence-electron chi connectivity index (χ2n) is 7.48. The van der Waals surface area contributed by atoms with Gasteiger partial charge in [0.05, 0.1) is 0 Å². The molecule has 0 bridgehead atoms. The van der Waals surface area contributed by atoms with Crippen LogP contribution in [0.4, 0.5) is 9.18 Å². The van der Waals surface area contributed by atoms with E-state index in [-0.39, 0.29) is 23.1 Å². The van der Waals surface area contributed by atoms with Gasteiger partial charge in [-0.15, -0.1) is 0 Å². The highest BCUT2D eigenvalue weighted by atomic mass is 19.1. The molecule has 152 valence electrons. The van der Waals surface area contributed by atoms with Gasteiger partial charge in [-0.25, -0.2) is 9.18 Å². The zero-order valence-corrected chi connectivity index (χ0v) is 16.4. The number of rotatable bonds is 4. The number of allylic oxidation sites excluding steroid dienone is 1. The quantitative estimate of drug-likeness (QED) is 0.635. The van der Waals surface area contributed by atoms with Crippen molar-refractivity contribution in [1.29, 1.82) is 0 Å². The third kappa shape index (κ3) is 3.61. The summed E-state index contributed by atoms with van der Waals surface area (Å²) in [5.41, 5.74) is 1.33. The molecular weight excluding hydrogens is 387 g/mol. The summed E-state index contributed by atoms with van der Waals surface area (Å²) in [6.07, 6.45) is 0.655.